The van der Waals surface area contributed by atoms with E-state index >= 15 is 0 Å². The number of amides is 1. The lowest BCUT2D eigenvalue weighted by Gasteiger charge is -2.26. The van der Waals surface area contributed by atoms with Crippen molar-refractivity contribution in [3.8, 4) is 0 Å². The van der Waals surface area contributed by atoms with Gasteiger partial charge in [0.25, 0.3) is 0 Å². The van der Waals surface area contributed by atoms with E-state index in [1.165, 1.54) is 0 Å². The zero-order valence-corrected chi connectivity index (χ0v) is 6.92. The molecular weight excluding hydrogens is 161 g/mol. The fourth-order valence-corrected chi connectivity index (χ4v) is 1.64. The van der Waals surface area contributed by atoms with Crippen molar-refractivity contribution >= 4 is 6.09 Å². The summed E-state index contributed by atoms with van der Waals surface area (Å²) in [5.41, 5.74) is 0. The summed E-state index contributed by atoms with van der Waals surface area (Å²) in [5.74, 6) is 0.164. The second-order valence-corrected chi connectivity index (χ2v) is 3.32. The summed E-state index contributed by atoms with van der Waals surface area (Å²) in [6.07, 6.45) is 2.20. The van der Waals surface area contributed by atoms with Crippen LogP contribution in [0.4, 0.5) is 9.18 Å². The van der Waals surface area contributed by atoms with Crippen molar-refractivity contribution in [3.05, 3.63) is 0 Å². The molecule has 0 heterocycles. The first-order valence-electron chi connectivity index (χ1n) is 4.27. The van der Waals surface area contributed by atoms with Crippen LogP contribution in [0.15, 0.2) is 0 Å². The van der Waals surface area contributed by atoms with E-state index in [1.54, 1.807) is 0 Å². The Morgan fingerprint density at radius 3 is 2.42 bits per heavy atom. The van der Waals surface area contributed by atoms with E-state index in [0.717, 1.165) is 25.7 Å². The smallest absolute Gasteiger partial charge is 0.404 e. The topological polar surface area (TPSA) is 49.3 Å². The molecule has 2 N–H and O–H groups in total. The lowest BCUT2D eigenvalue weighted by atomic mass is 9.87. The fourth-order valence-electron chi connectivity index (χ4n) is 1.64. The van der Waals surface area contributed by atoms with Gasteiger partial charge in [0.15, 0.2) is 0 Å². The molecule has 1 amide bonds. The summed E-state index contributed by atoms with van der Waals surface area (Å²) >= 11 is 0. The molecule has 1 saturated carbocycles. The van der Waals surface area contributed by atoms with Crippen LogP contribution >= 0.6 is 0 Å². The third kappa shape index (κ3) is 2.68. The molecule has 70 valence electrons. The van der Waals surface area contributed by atoms with Crippen LogP contribution in [0.25, 0.3) is 0 Å². The van der Waals surface area contributed by atoms with Gasteiger partial charge in [0.05, 0.1) is 6.67 Å². The van der Waals surface area contributed by atoms with Crippen LogP contribution in [-0.4, -0.2) is 23.9 Å². The Morgan fingerprint density at radius 2 is 2.00 bits per heavy atom. The first-order valence-corrected chi connectivity index (χ1v) is 4.27. The van der Waals surface area contributed by atoms with E-state index in [2.05, 4.69) is 5.32 Å². The number of carboxylic acid groups (broad SMARTS) is 1. The van der Waals surface area contributed by atoms with Gasteiger partial charge in [0.1, 0.15) is 0 Å². The third-order valence-corrected chi connectivity index (χ3v) is 2.39. The highest BCUT2D eigenvalue weighted by atomic mass is 19.1. The molecule has 0 aromatic heterocycles. The number of rotatable bonds is 2. The maximum Gasteiger partial charge on any atom is 0.404 e. The van der Waals surface area contributed by atoms with Crippen molar-refractivity contribution in [2.45, 2.75) is 31.7 Å². The fraction of sp³-hybridized carbons (Fsp3) is 0.875. The number of hydrogen-bond donors (Lipinski definition) is 2. The maximum atomic E-state index is 12.1. The van der Waals surface area contributed by atoms with Gasteiger partial charge in [-0.15, -0.1) is 0 Å². The van der Waals surface area contributed by atoms with Crippen LogP contribution in [0.3, 0.4) is 0 Å². The summed E-state index contributed by atoms with van der Waals surface area (Å²) in [5, 5.41) is 10.8. The third-order valence-electron chi connectivity index (χ3n) is 2.39. The normalized spacial score (nSPS) is 29.8. The second kappa shape index (κ2) is 4.28. The molecule has 1 aliphatic rings. The summed E-state index contributed by atoms with van der Waals surface area (Å²) in [6.45, 7) is -0.264. The maximum absolute atomic E-state index is 12.1. The van der Waals surface area contributed by atoms with Gasteiger partial charge in [-0.2, -0.15) is 0 Å². The summed E-state index contributed by atoms with van der Waals surface area (Å²) in [7, 11) is 0. The van der Waals surface area contributed by atoms with Crippen LogP contribution in [0, 0.1) is 5.92 Å². The van der Waals surface area contributed by atoms with E-state index in [1.807, 2.05) is 0 Å². The van der Waals surface area contributed by atoms with Gasteiger partial charge in [-0.1, -0.05) is 0 Å². The lowest BCUT2D eigenvalue weighted by molar-refractivity contribution is 0.179. The van der Waals surface area contributed by atoms with Gasteiger partial charge in [-0.25, -0.2) is 4.79 Å². The van der Waals surface area contributed by atoms with Gasteiger partial charge in [0, 0.05) is 6.04 Å². The van der Waals surface area contributed by atoms with E-state index in [0.29, 0.717) is 0 Å². The van der Waals surface area contributed by atoms with Crippen LogP contribution in [0.5, 0.6) is 0 Å². The molecule has 0 aliphatic heterocycles. The van der Waals surface area contributed by atoms with Gasteiger partial charge in [-0.05, 0) is 31.6 Å². The number of nitrogens with one attached hydrogen (secondary N) is 1. The Kier molecular flexibility index (Phi) is 3.31. The summed E-state index contributed by atoms with van der Waals surface area (Å²) < 4.78 is 12.1. The van der Waals surface area contributed by atoms with Crippen LogP contribution in [-0.2, 0) is 0 Å². The minimum atomic E-state index is -0.973. The Labute approximate surface area is 71.0 Å². The van der Waals surface area contributed by atoms with Gasteiger partial charge >= 0.3 is 6.09 Å². The SMILES string of the molecule is O=C(O)N[C@H]1CC[C@H](CF)CC1. The number of halogens is 1. The number of alkyl halides is 1. The summed E-state index contributed by atoms with van der Waals surface area (Å²) in [4.78, 5) is 10.2. The number of hydrogen-bond acceptors (Lipinski definition) is 1. The van der Waals surface area contributed by atoms with Crippen LogP contribution in [0.1, 0.15) is 25.7 Å². The van der Waals surface area contributed by atoms with Crippen molar-refractivity contribution < 1.29 is 14.3 Å². The molecule has 1 rings (SSSR count). The molecule has 0 saturated heterocycles. The number of carbonyl (C=O) groups is 1. The Bertz CT molecular complexity index is 155. The molecule has 12 heavy (non-hydrogen) atoms. The predicted molar refractivity (Wildman–Crippen MR) is 42.9 cm³/mol. The van der Waals surface area contributed by atoms with E-state index in [-0.39, 0.29) is 18.6 Å². The molecule has 0 atom stereocenters. The predicted octanol–water partition coefficient (Wildman–Crippen LogP) is 1.78. The standard InChI is InChI=1S/C8H14FNO2/c9-5-6-1-3-7(4-2-6)10-8(11)12/h6-7,10H,1-5H2,(H,11,12)/t6-,7-. The van der Waals surface area contributed by atoms with E-state index in [9.17, 15) is 9.18 Å². The molecule has 0 aromatic carbocycles. The van der Waals surface area contributed by atoms with Gasteiger partial charge < -0.3 is 10.4 Å². The molecule has 0 bridgehead atoms. The first kappa shape index (κ1) is 9.29. The molecule has 0 aromatic rings. The quantitative estimate of drug-likeness (QED) is 0.672. The largest absolute Gasteiger partial charge is 0.465 e. The molecular formula is C8H14FNO2. The van der Waals surface area contributed by atoms with Crippen molar-refractivity contribution in [1.29, 1.82) is 0 Å². The summed E-state index contributed by atoms with van der Waals surface area (Å²) in [6, 6.07) is 0.0466. The van der Waals surface area contributed by atoms with Gasteiger partial charge in [0.2, 0.25) is 0 Å². The van der Waals surface area contributed by atoms with Crippen molar-refractivity contribution in [1.82, 2.24) is 5.32 Å². The zero-order chi connectivity index (χ0) is 8.97. The van der Waals surface area contributed by atoms with Gasteiger partial charge in [-0.3, -0.25) is 4.39 Å². The second-order valence-electron chi connectivity index (χ2n) is 3.32. The zero-order valence-electron chi connectivity index (χ0n) is 6.92. The van der Waals surface area contributed by atoms with E-state index < -0.39 is 6.09 Å². The Morgan fingerprint density at radius 1 is 1.42 bits per heavy atom. The minimum absolute atomic E-state index is 0.0466. The Balaban J connectivity index is 2.21. The highest BCUT2D eigenvalue weighted by Gasteiger charge is 2.21. The minimum Gasteiger partial charge on any atom is -0.465 e. The van der Waals surface area contributed by atoms with E-state index in [4.69, 9.17) is 5.11 Å². The highest BCUT2D eigenvalue weighted by molar-refractivity contribution is 5.64. The average Bonchev–Trinajstić information content (AvgIpc) is 2.05. The van der Waals surface area contributed by atoms with Crippen molar-refractivity contribution in [3.63, 3.8) is 0 Å². The molecule has 0 unspecified atom stereocenters. The monoisotopic (exact) mass is 175 g/mol. The first-order chi connectivity index (χ1) is 5.72. The molecule has 0 spiro atoms. The van der Waals surface area contributed by atoms with Crippen molar-refractivity contribution in [2.24, 2.45) is 5.92 Å². The molecule has 4 heteroatoms. The molecule has 1 aliphatic carbocycles. The molecule has 3 nitrogen and oxygen atoms in total. The Hall–Kier alpha value is -0.800. The van der Waals surface area contributed by atoms with Crippen molar-refractivity contribution in [2.75, 3.05) is 6.67 Å². The molecule has 1 fully saturated rings. The van der Waals surface area contributed by atoms with Crippen LogP contribution < -0.4 is 5.32 Å². The average molecular weight is 175 g/mol. The molecule has 0 radical (unpaired) electrons. The lowest BCUT2D eigenvalue weighted by Crippen LogP contribution is -2.36. The van der Waals surface area contributed by atoms with Crippen LogP contribution in [0.2, 0.25) is 0 Å². The highest BCUT2D eigenvalue weighted by Crippen LogP contribution is 2.24.